The maximum absolute atomic E-state index is 10.8. The number of aromatic nitrogens is 6. The largest absolute Gasteiger partial charge is 0.869 e. The van der Waals surface area contributed by atoms with Crippen LogP contribution in [-0.4, -0.2) is 53.3 Å². The highest BCUT2D eigenvalue weighted by molar-refractivity contribution is 6.56. The highest BCUT2D eigenvalue weighted by Crippen LogP contribution is 2.29. The van der Waals surface area contributed by atoms with Gasteiger partial charge in [0.2, 0.25) is 11.6 Å². The van der Waals surface area contributed by atoms with Gasteiger partial charge in [-0.25, -0.2) is 19.9 Å². The molecular formula is C36H20Cl4N6O8. The molecule has 0 radical (unpaired) electrons. The Morgan fingerprint density at radius 2 is 0.685 bits per heavy atom. The molecule has 0 fully saturated rings. The summed E-state index contributed by atoms with van der Waals surface area (Å²) in [6.07, 6.45) is 7.11. The van der Waals surface area contributed by atoms with Gasteiger partial charge in [0.15, 0.2) is 23.1 Å². The van der Waals surface area contributed by atoms with Crippen LogP contribution < -0.4 is 20.2 Å². The molecule has 14 nitrogen and oxygen atoms in total. The minimum atomic E-state index is -1.19. The number of rotatable bonds is 4. The van der Waals surface area contributed by atoms with Crippen molar-refractivity contribution in [3.8, 4) is 45.6 Å². The molecule has 18 heteroatoms. The molecule has 0 unspecified atom stereocenters. The third kappa shape index (κ3) is 8.17. The lowest BCUT2D eigenvalue weighted by atomic mass is 10.1. The first kappa shape index (κ1) is 38.9. The fourth-order valence-corrected chi connectivity index (χ4v) is 5.23. The number of nitrogens with one attached hydrogen (secondary N) is 2. The molecule has 0 aliphatic heterocycles. The lowest BCUT2D eigenvalue weighted by Crippen LogP contribution is -2.26. The number of hydrogen-bond donors (Lipinski definition) is 2. The summed E-state index contributed by atoms with van der Waals surface area (Å²) in [6, 6.07) is 23.3. The van der Waals surface area contributed by atoms with Crippen LogP contribution in [0.25, 0.3) is 45.6 Å². The number of carbonyl (C=O) groups excluding carboxylic acids is 4. The van der Waals surface area contributed by atoms with Gasteiger partial charge in [0, 0.05) is 24.8 Å². The molecule has 270 valence electrons. The second-order valence-electron chi connectivity index (χ2n) is 10.5. The van der Waals surface area contributed by atoms with Crippen molar-refractivity contribution in [2.24, 2.45) is 0 Å². The topological polar surface area (TPSA) is 235 Å². The quantitative estimate of drug-likeness (QED) is 0.249. The summed E-state index contributed by atoms with van der Waals surface area (Å²) in [4.78, 5) is 68.4. The number of carbonyl (C=O) groups is 4. The molecule has 0 saturated heterocycles. The van der Waals surface area contributed by atoms with Crippen LogP contribution in [0.15, 0.2) is 141 Å². The van der Waals surface area contributed by atoms with Crippen LogP contribution in [-0.2, 0) is 19.2 Å². The van der Waals surface area contributed by atoms with E-state index in [1.54, 1.807) is 24.8 Å². The van der Waals surface area contributed by atoms with Crippen molar-refractivity contribution in [1.82, 2.24) is 19.9 Å². The number of aromatic amines is 2. The maximum Gasteiger partial charge on any atom is 0.304 e. The molecule has 0 bridgehead atoms. The lowest BCUT2D eigenvalue weighted by Gasteiger charge is -2.17. The summed E-state index contributed by atoms with van der Waals surface area (Å²) in [5.74, 6) is -8.92. The Labute approximate surface area is 324 Å². The molecule has 5 heterocycles. The maximum atomic E-state index is 10.8. The summed E-state index contributed by atoms with van der Waals surface area (Å²) in [5, 5.41) is 35.9. The molecule has 0 aromatic carbocycles. The van der Waals surface area contributed by atoms with Gasteiger partial charge in [-0.05, 0) is 60.0 Å². The Morgan fingerprint density at radius 3 is 0.907 bits per heavy atom. The van der Waals surface area contributed by atoms with Gasteiger partial charge in [-0.3, -0.25) is 19.2 Å². The van der Waals surface area contributed by atoms with Crippen LogP contribution in [0.3, 0.4) is 0 Å². The average molecular weight is 806 g/mol. The van der Waals surface area contributed by atoms with E-state index in [0.717, 1.165) is 45.6 Å². The van der Waals surface area contributed by atoms with Gasteiger partial charge in [0.05, 0.1) is 10.1 Å². The fraction of sp³-hybridized carbons (Fsp3) is 0. The summed E-state index contributed by atoms with van der Waals surface area (Å²) < 4.78 is 0. The molecule has 0 saturated carbocycles. The number of halogens is 4. The first-order chi connectivity index (χ1) is 25.8. The highest BCUT2D eigenvalue weighted by Gasteiger charge is 2.33. The normalized spacial score (nSPS) is 14.4. The average Bonchev–Trinajstić information content (AvgIpc) is 3.23. The molecule has 54 heavy (non-hydrogen) atoms. The minimum absolute atomic E-state index is 0.783. The molecule has 0 amide bonds. The number of aliphatic hydroxyl groups excluding tert-OH is 2. The first-order valence-electron chi connectivity index (χ1n) is 15.0. The van der Waals surface area contributed by atoms with Crippen LogP contribution in [0, 0.1) is 0 Å². The van der Waals surface area contributed by atoms with E-state index in [2.05, 4.69) is 29.9 Å². The monoisotopic (exact) mass is 804 g/mol. The Morgan fingerprint density at radius 1 is 0.426 bits per heavy atom. The van der Waals surface area contributed by atoms with Crippen molar-refractivity contribution in [3.05, 3.63) is 141 Å². The number of Topliss-reactive ketones (excluding diaryl/α,β-unsaturated/α-hetero) is 4. The van der Waals surface area contributed by atoms with Gasteiger partial charge in [0.1, 0.15) is 32.8 Å². The molecule has 5 aromatic rings. The Bertz CT molecular complexity index is 2040. The standard InChI is InChI=1S/C24H16N6.2C6H2Cl2O4/c1-5-13-25-17(9-1)21-22(18-10-2-6-14-26-18)30-24(20-12-4-8-16-28-20)23(29-21)19-11-3-7-15-27-19;2*7-1-3(9)5(11)2(8)6(12)4(1)10/h1-16H;2*9,12H. The van der Waals surface area contributed by atoms with Crippen LogP contribution >= 0.6 is 46.4 Å². The molecule has 7 rings (SSSR count). The number of aliphatic hydroxyl groups is 2. The van der Waals surface area contributed by atoms with E-state index >= 15 is 0 Å². The van der Waals surface area contributed by atoms with Gasteiger partial charge in [-0.15, -0.1) is 0 Å². The van der Waals surface area contributed by atoms with Crippen molar-refractivity contribution >= 4 is 69.5 Å². The zero-order valence-electron chi connectivity index (χ0n) is 26.9. The molecular weight excluding hydrogens is 786 g/mol. The van der Waals surface area contributed by atoms with Crippen LogP contribution in [0.2, 0.25) is 0 Å². The van der Waals surface area contributed by atoms with E-state index in [-0.39, 0.29) is 0 Å². The summed E-state index contributed by atoms with van der Waals surface area (Å²) in [5.41, 5.74) is 6.53. The van der Waals surface area contributed by atoms with Crippen molar-refractivity contribution in [2.75, 3.05) is 0 Å². The van der Waals surface area contributed by atoms with E-state index in [9.17, 15) is 29.4 Å². The predicted octanol–water partition coefficient (Wildman–Crippen LogP) is 3.48. The van der Waals surface area contributed by atoms with E-state index in [1.165, 1.54) is 0 Å². The minimum Gasteiger partial charge on any atom is -0.869 e. The van der Waals surface area contributed by atoms with E-state index in [0.29, 0.717) is 0 Å². The van der Waals surface area contributed by atoms with Gasteiger partial charge >= 0.3 is 22.8 Å². The fourth-order valence-electron chi connectivity index (χ4n) is 4.54. The van der Waals surface area contributed by atoms with E-state index in [4.69, 9.17) is 56.6 Å². The number of pyridine rings is 4. The third-order valence-corrected chi connectivity index (χ3v) is 8.53. The van der Waals surface area contributed by atoms with Gasteiger partial charge in [-0.1, -0.05) is 70.7 Å². The number of hydrogen-bond acceptors (Lipinski definition) is 12. The summed E-state index contributed by atoms with van der Waals surface area (Å²) >= 11 is 20.5. The summed E-state index contributed by atoms with van der Waals surface area (Å²) in [6.45, 7) is 0. The lowest BCUT2D eigenvalue weighted by molar-refractivity contribution is -0.412. The highest BCUT2D eigenvalue weighted by atomic mass is 35.5. The van der Waals surface area contributed by atoms with Crippen LogP contribution in [0.1, 0.15) is 0 Å². The Balaban J connectivity index is 0.000000192. The SMILES string of the molecule is O=C1C(O)=C(Cl)C(=O)C([O-])=C1Cl.O=C1C(O)=C(Cl)C(=O)C([O-])=C1Cl.c1ccc(-c2[nH+]c(-c3ccccn3)c(-c3ccccn3)[nH+]c2-c2ccccn2)nc1. The van der Waals surface area contributed by atoms with Gasteiger partial charge in [0.25, 0.3) is 0 Å². The predicted molar refractivity (Wildman–Crippen MR) is 189 cm³/mol. The molecule has 2 aliphatic rings. The Hall–Kier alpha value is -6.32. The molecule has 2 aliphatic carbocycles. The molecule has 5 aromatic heterocycles. The van der Waals surface area contributed by atoms with Gasteiger partial charge in [-0.2, -0.15) is 9.97 Å². The second kappa shape index (κ2) is 17.0. The zero-order valence-corrected chi connectivity index (χ0v) is 29.9. The first-order valence-corrected chi connectivity index (χ1v) is 16.5. The molecule has 4 N–H and O–H groups in total. The Kier molecular flexibility index (Phi) is 12.3. The molecule has 0 spiro atoms. The van der Waals surface area contributed by atoms with Crippen molar-refractivity contribution < 1.29 is 49.6 Å². The van der Waals surface area contributed by atoms with Gasteiger partial charge < -0.3 is 20.4 Å². The van der Waals surface area contributed by atoms with Crippen LogP contribution in [0.5, 0.6) is 0 Å². The van der Waals surface area contributed by atoms with E-state index in [1.807, 2.05) is 72.8 Å². The number of H-pyrrole nitrogens is 2. The number of allylic oxidation sites excluding steroid dienone is 4. The van der Waals surface area contributed by atoms with Crippen molar-refractivity contribution in [2.45, 2.75) is 0 Å². The smallest absolute Gasteiger partial charge is 0.304 e. The second-order valence-corrected chi connectivity index (χ2v) is 12.0. The van der Waals surface area contributed by atoms with Crippen molar-refractivity contribution in [1.29, 1.82) is 0 Å². The number of ketones is 4. The zero-order chi connectivity index (χ0) is 39.1. The summed E-state index contributed by atoms with van der Waals surface area (Å²) in [7, 11) is 0. The van der Waals surface area contributed by atoms with E-state index < -0.39 is 66.3 Å². The molecule has 0 atom stereocenters. The van der Waals surface area contributed by atoms with Crippen LogP contribution in [0.4, 0.5) is 0 Å². The van der Waals surface area contributed by atoms with Crippen molar-refractivity contribution in [3.63, 3.8) is 0 Å². The number of nitrogens with zero attached hydrogens (tertiary/aromatic N) is 4. The third-order valence-electron chi connectivity index (χ3n) is 7.14.